The maximum Gasteiger partial charge on any atom is 0.336 e. The highest BCUT2D eigenvalue weighted by atomic mass is 16.6. The van der Waals surface area contributed by atoms with Gasteiger partial charge in [-0.3, -0.25) is 4.79 Å². The summed E-state index contributed by atoms with van der Waals surface area (Å²) < 4.78 is 5.66. The Morgan fingerprint density at radius 2 is 1.88 bits per heavy atom. The second kappa shape index (κ2) is 7.75. The van der Waals surface area contributed by atoms with Gasteiger partial charge in [0.1, 0.15) is 17.5 Å². The number of ether oxygens (including phenoxy) is 1. The normalized spacial score (nSPS) is 46.1. The van der Waals surface area contributed by atoms with Crippen LogP contribution >= 0.6 is 0 Å². The molecule has 0 saturated heterocycles. The quantitative estimate of drug-likeness (QED) is 0.428. The number of Topliss-reactive ketones (excluding diaryl/α,β-unsaturated/α-hetero) is 1. The van der Waals surface area contributed by atoms with Crippen LogP contribution < -0.4 is 0 Å². The molecule has 6 heteroatoms. The maximum atomic E-state index is 13.2. The van der Waals surface area contributed by atoms with Gasteiger partial charge in [0.05, 0.1) is 23.2 Å². The fourth-order valence-electron chi connectivity index (χ4n) is 8.98. The Kier molecular flexibility index (Phi) is 5.52. The topological polar surface area (TPSA) is 104 Å². The summed E-state index contributed by atoms with van der Waals surface area (Å²) in [7, 11) is 0. The average molecular weight is 473 g/mol. The van der Waals surface area contributed by atoms with Gasteiger partial charge >= 0.3 is 5.97 Å². The highest BCUT2D eigenvalue weighted by Gasteiger charge is 2.70. The third-order valence-electron chi connectivity index (χ3n) is 11.1. The number of hydrogen-bond acceptors (Lipinski definition) is 6. The second-order valence-electron chi connectivity index (χ2n) is 12.4. The molecule has 0 aromatic heterocycles. The minimum absolute atomic E-state index is 0.0145. The second-order valence-corrected chi connectivity index (χ2v) is 12.4. The Bertz CT molecular complexity index is 977. The molecule has 0 aromatic carbocycles. The fourth-order valence-corrected chi connectivity index (χ4v) is 8.98. The van der Waals surface area contributed by atoms with Gasteiger partial charge in [-0.25, -0.2) is 4.79 Å². The summed E-state index contributed by atoms with van der Waals surface area (Å²) >= 11 is 0. The van der Waals surface area contributed by atoms with E-state index in [1.807, 2.05) is 0 Å². The number of carbonyl (C=O) groups excluding carboxylic acids is 2. The van der Waals surface area contributed by atoms with Gasteiger partial charge in [0.25, 0.3) is 0 Å². The molecule has 3 fully saturated rings. The largest absolute Gasteiger partial charge is 0.456 e. The van der Waals surface area contributed by atoms with E-state index in [9.17, 15) is 24.9 Å². The molecule has 0 radical (unpaired) electrons. The Morgan fingerprint density at radius 1 is 1.15 bits per heavy atom. The molecule has 0 bridgehead atoms. The van der Waals surface area contributed by atoms with Gasteiger partial charge in [-0.2, -0.15) is 0 Å². The van der Waals surface area contributed by atoms with Crippen LogP contribution in [0.15, 0.2) is 22.8 Å². The van der Waals surface area contributed by atoms with Gasteiger partial charge in [0.15, 0.2) is 0 Å². The molecule has 3 saturated carbocycles. The summed E-state index contributed by atoms with van der Waals surface area (Å²) in [6.45, 7) is 7.41. The van der Waals surface area contributed by atoms with Crippen molar-refractivity contribution in [1.82, 2.24) is 0 Å². The Hall–Kier alpha value is -1.50. The lowest BCUT2D eigenvalue weighted by Gasteiger charge is -2.61. The van der Waals surface area contributed by atoms with Crippen LogP contribution in [0.25, 0.3) is 0 Å². The highest BCUT2D eigenvalue weighted by molar-refractivity contribution is 5.90. The molecule has 4 aliphatic carbocycles. The van der Waals surface area contributed by atoms with Gasteiger partial charge in [-0.15, -0.1) is 0 Å². The number of ketones is 1. The molecular weight excluding hydrogens is 432 g/mol. The van der Waals surface area contributed by atoms with E-state index in [1.165, 1.54) is 5.57 Å². The number of esters is 1. The smallest absolute Gasteiger partial charge is 0.336 e. The van der Waals surface area contributed by atoms with Crippen molar-refractivity contribution in [3.8, 4) is 0 Å². The lowest BCUT2D eigenvalue weighted by Crippen LogP contribution is -2.64. The first-order valence-electron chi connectivity index (χ1n) is 13.1. The molecule has 3 N–H and O–H groups in total. The lowest BCUT2D eigenvalue weighted by molar-refractivity contribution is -0.215. The summed E-state index contributed by atoms with van der Waals surface area (Å²) in [4.78, 5) is 25.7. The predicted molar refractivity (Wildman–Crippen MR) is 127 cm³/mol. The van der Waals surface area contributed by atoms with Crippen LogP contribution in [0.3, 0.4) is 0 Å². The summed E-state index contributed by atoms with van der Waals surface area (Å²) in [5.74, 6) is -0.365. The third kappa shape index (κ3) is 2.97. The molecule has 1 heterocycles. The van der Waals surface area contributed by atoms with Crippen molar-refractivity contribution in [3.63, 3.8) is 0 Å². The van der Waals surface area contributed by atoms with E-state index < -0.39 is 34.1 Å². The molecule has 6 nitrogen and oxygen atoms in total. The van der Waals surface area contributed by atoms with Gasteiger partial charge in [-0.1, -0.05) is 24.1 Å². The summed E-state index contributed by atoms with van der Waals surface area (Å²) in [6.07, 6.45) is 8.03. The first-order chi connectivity index (χ1) is 15.9. The van der Waals surface area contributed by atoms with Crippen LogP contribution in [0.2, 0.25) is 0 Å². The number of allylic oxidation sites excluding steroid dienone is 2. The predicted octanol–water partition coefficient (Wildman–Crippen LogP) is 3.62. The zero-order valence-corrected chi connectivity index (χ0v) is 21.0. The van der Waals surface area contributed by atoms with Gasteiger partial charge in [-0.05, 0) is 83.5 Å². The number of aliphatic hydroxyl groups is 3. The van der Waals surface area contributed by atoms with Crippen LogP contribution in [0.4, 0.5) is 0 Å². The fraction of sp³-hybridized carbons (Fsp3) is 0.786. The average Bonchev–Trinajstić information content (AvgIpc) is 3.06. The lowest BCUT2D eigenvalue weighted by atomic mass is 9.45. The van der Waals surface area contributed by atoms with E-state index in [2.05, 4.69) is 19.9 Å². The van der Waals surface area contributed by atoms with Gasteiger partial charge in [0, 0.05) is 18.3 Å². The number of cyclic esters (lactones) is 1. The van der Waals surface area contributed by atoms with Crippen molar-refractivity contribution >= 4 is 11.8 Å². The SMILES string of the molecule is CC1=C(CO)C(=O)OC(C(C)(O)C2CCC3(O)C4CC=C5CCCC(=O)C5(C)C4CCC23C)C1. The first kappa shape index (κ1) is 24.2. The zero-order chi connectivity index (χ0) is 24.7. The van der Waals surface area contributed by atoms with Crippen molar-refractivity contribution in [3.05, 3.63) is 22.8 Å². The standard InChI is InChI=1S/C28H40O6/c1-16-14-23(34-24(31)18(16)15-29)27(4,32)21-11-13-28(33)20-9-8-17-6-5-7-22(30)26(17,3)19(20)10-12-25(21,28)2/h8,19-21,23,29,32-33H,5-7,9-15H2,1-4H3. The molecule has 8 atom stereocenters. The Balaban J connectivity index is 1.47. The molecule has 0 aromatic rings. The molecule has 0 spiro atoms. The van der Waals surface area contributed by atoms with E-state index >= 15 is 0 Å². The summed E-state index contributed by atoms with van der Waals surface area (Å²) in [5.41, 5.74) is -1.01. The van der Waals surface area contributed by atoms with Crippen molar-refractivity contribution in [1.29, 1.82) is 0 Å². The number of carbonyl (C=O) groups is 2. The van der Waals surface area contributed by atoms with Crippen LogP contribution in [0.5, 0.6) is 0 Å². The maximum absolute atomic E-state index is 13.2. The van der Waals surface area contributed by atoms with Crippen LogP contribution in [-0.2, 0) is 14.3 Å². The van der Waals surface area contributed by atoms with Gasteiger partial charge < -0.3 is 20.1 Å². The van der Waals surface area contributed by atoms with Gasteiger partial charge in [0.2, 0.25) is 0 Å². The van der Waals surface area contributed by atoms with Crippen LogP contribution in [0, 0.1) is 28.6 Å². The van der Waals surface area contributed by atoms with Crippen molar-refractivity contribution in [2.24, 2.45) is 28.6 Å². The summed E-state index contributed by atoms with van der Waals surface area (Å²) in [5, 5.41) is 33.8. The molecular formula is C28H40O6. The van der Waals surface area contributed by atoms with E-state index in [0.717, 1.165) is 37.7 Å². The molecule has 0 amide bonds. The monoisotopic (exact) mass is 472 g/mol. The molecule has 8 unspecified atom stereocenters. The van der Waals surface area contributed by atoms with E-state index in [-0.39, 0.29) is 29.9 Å². The minimum Gasteiger partial charge on any atom is -0.456 e. The molecule has 5 aliphatic rings. The molecule has 34 heavy (non-hydrogen) atoms. The Morgan fingerprint density at radius 3 is 2.56 bits per heavy atom. The Labute approximate surface area is 202 Å². The summed E-state index contributed by atoms with van der Waals surface area (Å²) in [6, 6.07) is 0. The zero-order valence-electron chi connectivity index (χ0n) is 21.0. The number of rotatable bonds is 3. The number of fused-ring (bicyclic) bond motifs is 5. The van der Waals surface area contributed by atoms with E-state index in [1.54, 1.807) is 13.8 Å². The first-order valence-corrected chi connectivity index (χ1v) is 13.1. The van der Waals surface area contributed by atoms with Crippen LogP contribution in [0.1, 0.15) is 85.5 Å². The van der Waals surface area contributed by atoms with E-state index in [0.29, 0.717) is 31.5 Å². The minimum atomic E-state index is -1.32. The number of aliphatic hydroxyl groups excluding tert-OH is 1. The van der Waals surface area contributed by atoms with Crippen molar-refractivity contribution in [2.75, 3.05) is 6.61 Å². The molecule has 188 valence electrons. The van der Waals surface area contributed by atoms with Crippen molar-refractivity contribution < 1.29 is 29.6 Å². The van der Waals surface area contributed by atoms with Crippen LogP contribution in [-0.4, -0.2) is 51.0 Å². The van der Waals surface area contributed by atoms with Crippen molar-refractivity contribution in [2.45, 2.75) is 103 Å². The molecule has 1 aliphatic heterocycles. The highest BCUT2D eigenvalue weighted by Crippen LogP contribution is 2.69. The third-order valence-corrected chi connectivity index (χ3v) is 11.1. The number of hydrogen-bond donors (Lipinski definition) is 3. The molecule has 5 rings (SSSR count). The van der Waals surface area contributed by atoms with E-state index in [4.69, 9.17) is 4.74 Å².